The third-order valence-corrected chi connectivity index (χ3v) is 5.25. The van der Waals surface area contributed by atoms with E-state index in [2.05, 4.69) is 30.2 Å². The predicted octanol–water partition coefficient (Wildman–Crippen LogP) is 3.46. The van der Waals surface area contributed by atoms with Crippen molar-refractivity contribution in [1.82, 2.24) is 14.9 Å². The van der Waals surface area contributed by atoms with Crippen LogP contribution in [0.1, 0.15) is 26.7 Å². The molecule has 1 aliphatic rings. The summed E-state index contributed by atoms with van der Waals surface area (Å²) in [7, 11) is 0. The fourth-order valence-corrected chi connectivity index (χ4v) is 3.54. The van der Waals surface area contributed by atoms with Crippen LogP contribution in [0.4, 0.5) is 5.95 Å². The molecule has 2 aromatic rings. The van der Waals surface area contributed by atoms with Gasteiger partial charge in [-0.25, -0.2) is 14.6 Å². The van der Waals surface area contributed by atoms with Gasteiger partial charge in [-0.05, 0) is 24.5 Å². The van der Waals surface area contributed by atoms with E-state index in [4.69, 9.17) is 24.9 Å². The van der Waals surface area contributed by atoms with E-state index in [1.807, 2.05) is 30.3 Å². The molecule has 2 N–H and O–H groups in total. The highest BCUT2D eigenvalue weighted by atomic mass is 16.5. The first kappa shape index (κ1) is 26.8. The van der Waals surface area contributed by atoms with Gasteiger partial charge < -0.3 is 19.8 Å². The molecule has 0 aliphatic carbocycles. The number of aliphatic carboxylic acids is 2. The van der Waals surface area contributed by atoms with E-state index in [1.165, 1.54) is 12.8 Å². The molecule has 0 spiro atoms. The maximum Gasteiger partial charge on any atom is 0.328 e. The normalized spacial score (nSPS) is 14.9. The molecular weight excluding hydrogens is 436 g/mol. The summed E-state index contributed by atoms with van der Waals surface area (Å²) in [4.78, 5) is 33.3. The lowest BCUT2D eigenvalue weighted by Gasteiger charge is -2.34. The molecule has 0 saturated carbocycles. The van der Waals surface area contributed by atoms with Crippen LogP contribution in [0.5, 0.6) is 5.88 Å². The molecule has 1 aromatic heterocycles. The summed E-state index contributed by atoms with van der Waals surface area (Å²) in [5.41, 5.74) is 0.948. The van der Waals surface area contributed by atoms with Crippen molar-refractivity contribution in [2.75, 3.05) is 44.2 Å². The van der Waals surface area contributed by atoms with Crippen LogP contribution in [-0.4, -0.2) is 76.4 Å². The maximum absolute atomic E-state index is 9.55. The van der Waals surface area contributed by atoms with Crippen molar-refractivity contribution in [3.8, 4) is 5.88 Å². The zero-order valence-electron chi connectivity index (χ0n) is 19.9. The Morgan fingerprint density at radius 2 is 1.76 bits per heavy atom. The Labute approximate surface area is 200 Å². The van der Waals surface area contributed by atoms with Crippen LogP contribution >= 0.6 is 0 Å². The van der Waals surface area contributed by atoms with E-state index >= 15 is 0 Å². The summed E-state index contributed by atoms with van der Waals surface area (Å²) >= 11 is 0. The number of piperazine rings is 1. The number of ether oxygens (including phenoxy) is 1. The highest BCUT2D eigenvalue weighted by Gasteiger charge is 2.20. The lowest BCUT2D eigenvalue weighted by atomic mass is 10.1. The quantitative estimate of drug-likeness (QED) is 0.398. The van der Waals surface area contributed by atoms with Gasteiger partial charge in [0.25, 0.3) is 0 Å². The molecule has 1 aromatic carbocycles. The number of rotatable bonds is 10. The Bertz CT molecular complexity index is 970. The summed E-state index contributed by atoms with van der Waals surface area (Å²) in [6.07, 6.45) is 5.42. The fraction of sp³-hybridized carbons (Fsp3) is 0.440. The third-order valence-electron chi connectivity index (χ3n) is 5.25. The topological polar surface area (TPSA) is 116 Å². The fourth-order valence-electron chi connectivity index (χ4n) is 3.54. The van der Waals surface area contributed by atoms with E-state index in [1.54, 1.807) is 0 Å². The molecule has 0 amide bonds. The lowest BCUT2D eigenvalue weighted by Crippen LogP contribution is -2.46. The SMILES string of the molecule is C=CCN1CCN(c2nc(OCC(C)CCC)c3ccccc3n2)CC1.O=C(O)C=CC(=O)O. The van der Waals surface area contributed by atoms with Crippen LogP contribution in [0.3, 0.4) is 0 Å². The van der Waals surface area contributed by atoms with E-state index in [0.717, 1.165) is 49.6 Å². The van der Waals surface area contributed by atoms with E-state index < -0.39 is 11.9 Å². The van der Waals surface area contributed by atoms with E-state index in [0.29, 0.717) is 30.6 Å². The van der Waals surface area contributed by atoms with Gasteiger partial charge in [-0.15, -0.1) is 6.58 Å². The number of carboxylic acid groups (broad SMARTS) is 2. The van der Waals surface area contributed by atoms with Gasteiger partial charge in [0.05, 0.1) is 17.5 Å². The minimum absolute atomic E-state index is 0.527. The highest BCUT2D eigenvalue weighted by molar-refractivity contribution is 5.89. The van der Waals surface area contributed by atoms with Crippen LogP contribution in [0.2, 0.25) is 0 Å². The number of fused-ring (bicyclic) bond motifs is 1. The van der Waals surface area contributed by atoms with E-state index in [9.17, 15) is 9.59 Å². The van der Waals surface area contributed by atoms with Gasteiger partial charge >= 0.3 is 11.9 Å². The molecule has 1 saturated heterocycles. The minimum atomic E-state index is -1.26. The number of nitrogens with zero attached hydrogens (tertiary/aromatic N) is 4. The Hall–Kier alpha value is -3.46. The van der Waals surface area contributed by atoms with Gasteiger partial charge in [0.1, 0.15) is 0 Å². The second kappa shape index (κ2) is 13.9. The molecule has 1 unspecified atom stereocenters. The first-order valence-electron chi connectivity index (χ1n) is 11.5. The summed E-state index contributed by atoms with van der Waals surface area (Å²) < 4.78 is 6.12. The third kappa shape index (κ3) is 8.82. The van der Waals surface area contributed by atoms with Crippen LogP contribution in [0, 0.1) is 5.92 Å². The molecule has 3 rings (SSSR count). The Morgan fingerprint density at radius 1 is 1.12 bits per heavy atom. The van der Waals surface area contributed by atoms with Gasteiger partial charge in [-0.1, -0.05) is 38.5 Å². The predicted molar refractivity (Wildman–Crippen MR) is 132 cm³/mol. The number of carbonyl (C=O) groups is 2. The monoisotopic (exact) mass is 470 g/mol. The number of hydrogen-bond donors (Lipinski definition) is 2. The number of hydrogen-bond acceptors (Lipinski definition) is 7. The van der Waals surface area contributed by atoms with Gasteiger partial charge in [-0.3, -0.25) is 4.90 Å². The molecule has 0 bridgehead atoms. The number of para-hydroxylation sites is 1. The second-order valence-electron chi connectivity index (χ2n) is 8.14. The largest absolute Gasteiger partial charge is 0.478 e. The van der Waals surface area contributed by atoms with E-state index in [-0.39, 0.29) is 0 Å². The average Bonchev–Trinajstić information content (AvgIpc) is 2.82. The summed E-state index contributed by atoms with van der Waals surface area (Å²) in [5, 5.41) is 16.6. The molecular formula is C25H34N4O5. The van der Waals surface area contributed by atoms with Crippen molar-refractivity contribution in [2.45, 2.75) is 26.7 Å². The van der Waals surface area contributed by atoms with Crippen LogP contribution in [0.15, 0.2) is 49.1 Å². The maximum atomic E-state index is 9.55. The van der Waals surface area contributed by atoms with Gasteiger partial charge in [-0.2, -0.15) is 4.98 Å². The molecule has 1 atom stereocenters. The molecule has 1 aliphatic heterocycles. The van der Waals surface area contributed by atoms with Crippen molar-refractivity contribution in [3.05, 3.63) is 49.1 Å². The molecule has 1 fully saturated rings. The zero-order valence-corrected chi connectivity index (χ0v) is 19.9. The molecule has 0 radical (unpaired) electrons. The lowest BCUT2D eigenvalue weighted by molar-refractivity contribution is -0.134. The molecule has 2 heterocycles. The van der Waals surface area contributed by atoms with Gasteiger partial charge in [0, 0.05) is 44.9 Å². The number of carboxylic acids is 2. The first-order chi connectivity index (χ1) is 16.3. The average molecular weight is 471 g/mol. The standard InChI is InChI=1S/C21H30N4O.C4H4O4/c1-4-8-17(3)16-26-20-18-9-6-7-10-19(18)22-21(23-20)25-14-12-24(11-5-2)13-15-25;5-3(6)1-2-4(7)8/h5-7,9-10,17H,2,4,8,11-16H2,1,3H3;1-2H,(H,5,6)(H,7,8). The molecule has 184 valence electrons. The molecule has 34 heavy (non-hydrogen) atoms. The smallest absolute Gasteiger partial charge is 0.328 e. The van der Waals surface area contributed by atoms with Crippen LogP contribution in [-0.2, 0) is 9.59 Å². The van der Waals surface area contributed by atoms with Crippen molar-refractivity contribution >= 4 is 28.8 Å². The van der Waals surface area contributed by atoms with Crippen molar-refractivity contribution in [1.29, 1.82) is 0 Å². The minimum Gasteiger partial charge on any atom is -0.478 e. The summed E-state index contributed by atoms with van der Waals surface area (Å²) in [6, 6.07) is 8.12. The number of benzene rings is 1. The van der Waals surface area contributed by atoms with Crippen molar-refractivity contribution in [2.24, 2.45) is 5.92 Å². The number of aromatic nitrogens is 2. The summed E-state index contributed by atoms with van der Waals surface area (Å²) in [5.74, 6) is -0.499. The highest BCUT2D eigenvalue weighted by Crippen LogP contribution is 2.26. The Balaban J connectivity index is 0.000000440. The van der Waals surface area contributed by atoms with Gasteiger partial charge in [0.15, 0.2) is 0 Å². The number of anilines is 1. The zero-order chi connectivity index (χ0) is 24.9. The Kier molecular flexibility index (Phi) is 11.0. The van der Waals surface area contributed by atoms with Crippen LogP contribution in [0.25, 0.3) is 10.9 Å². The van der Waals surface area contributed by atoms with Crippen molar-refractivity contribution in [3.63, 3.8) is 0 Å². The van der Waals surface area contributed by atoms with Gasteiger partial charge in [0.2, 0.25) is 11.8 Å². The van der Waals surface area contributed by atoms with Crippen molar-refractivity contribution < 1.29 is 24.5 Å². The molecule has 9 nitrogen and oxygen atoms in total. The molecule has 9 heteroatoms. The first-order valence-corrected chi connectivity index (χ1v) is 11.5. The van der Waals surface area contributed by atoms with Crippen LogP contribution < -0.4 is 9.64 Å². The Morgan fingerprint density at radius 3 is 2.35 bits per heavy atom. The second-order valence-corrected chi connectivity index (χ2v) is 8.14. The summed E-state index contributed by atoms with van der Waals surface area (Å²) in [6.45, 7) is 13.8.